The number of nitrogens with one attached hydrogen (secondary N) is 2. The Bertz CT molecular complexity index is 6960. The van der Waals surface area contributed by atoms with Crippen LogP contribution >= 0.6 is 34.3 Å². The first kappa shape index (κ1) is 86.3. The second kappa shape index (κ2) is 39.6. The van der Waals surface area contributed by atoms with Crippen LogP contribution in [0.2, 0.25) is 5.02 Å². The van der Waals surface area contributed by atoms with Gasteiger partial charge < -0.3 is 38.3 Å². The number of hydrogen-bond donors (Lipinski definition) is 4. The second-order valence-corrected chi connectivity index (χ2v) is 35.6. The predicted molar refractivity (Wildman–Crippen MR) is 498 cm³/mol. The van der Waals surface area contributed by atoms with Gasteiger partial charge in [-0.2, -0.15) is 0 Å². The topological polar surface area (TPSA) is 248 Å². The zero-order valence-electron chi connectivity index (χ0n) is 68.0. The Morgan fingerprint density at radius 1 is 0.374 bits per heavy atom. The van der Waals surface area contributed by atoms with Crippen LogP contribution in [-0.2, 0) is 46.0 Å². The van der Waals surface area contributed by atoms with Gasteiger partial charge in [-0.15, -0.1) is 22.7 Å². The molecule has 23 heteroatoms. The van der Waals surface area contributed by atoms with E-state index in [1.54, 1.807) is 18.2 Å². The number of nitrogens with zero attached hydrogens (tertiary/aromatic N) is 2. The first-order valence-corrected chi connectivity index (χ1v) is 45.9. The number of carbonyl (C=O) groups excluding carboxylic acids is 2. The van der Waals surface area contributed by atoms with Gasteiger partial charge in [0.2, 0.25) is 20.0 Å². The first-order chi connectivity index (χ1) is 59.5. The number of carbonyl (C=O) groups is 4. The van der Waals surface area contributed by atoms with Crippen molar-refractivity contribution in [2.24, 2.45) is 0 Å². The molecule has 624 valence electrons. The van der Waals surface area contributed by atoms with E-state index in [2.05, 4.69) is 109 Å². The number of para-hydroxylation sites is 2. The van der Waals surface area contributed by atoms with Crippen LogP contribution in [0.3, 0.4) is 0 Å². The van der Waals surface area contributed by atoms with E-state index in [1.807, 2.05) is 203 Å². The number of sulfonamides is 2. The van der Waals surface area contributed by atoms with Gasteiger partial charge in [-0.1, -0.05) is 236 Å². The summed E-state index contributed by atoms with van der Waals surface area (Å²) in [4.78, 5) is 49.7. The zero-order valence-corrected chi connectivity index (χ0v) is 72.0. The van der Waals surface area contributed by atoms with Crippen LogP contribution in [0.15, 0.2) is 297 Å². The van der Waals surface area contributed by atoms with E-state index in [4.69, 9.17) is 30.5 Å². The molecule has 4 heterocycles. The summed E-state index contributed by atoms with van der Waals surface area (Å²) in [5, 5.41) is 30.8. The average molecular weight is 1730 g/mol. The molecule has 17 rings (SSSR count). The van der Waals surface area contributed by atoms with Crippen LogP contribution in [0, 0.1) is 13.8 Å². The molecule has 0 unspecified atom stereocenters. The average Bonchev–Trinajstić information content (AvgIpc) is 1.65. The Morgan fingerprint density at radius 2 is 0.764 bits per heavy atom. The molecule has 0 bridgehead atoms. The van der Waals surface area contributed by atoms with Crippen molar-refractivity contribution >= 4 is 152 Å². The fourth-order valence-electron chi connectivity index (χ4n) is 15.1. The molecule has 13 aromatic carbocycles. The fourth-order valence-corrected chi connectivity index (χ4v) is 18.3. The SMILES string of the molecule is CS(=O)(=O)NC(=O)c1cc2ccccc2n1CCCOc1cccc2ccccc12.Cc1cc(OCCCn2c(C(=O)NS(C)(=O)=O)cc3ccccc32)ccc1Cl.Cc1ccccc1-c1ccc2c(CCCOc3cccc4ccccc34)c(C(=O)O)sc2c1.O=C(O)c1sc2cc(-c3ccccc3)ccc2c1CCCOc1cccc2ccccc12. The van der Waals surface area contributed by atoms with Crippen molar-refractivity contribution in [3.8, 4) is 45.3 Å². The Morgan fingerprint density at radius 3 is 1.21 bits per heavy atom. The summed E-state index contributed by atoms with van der Waals surface area (Å²) in [6.45, 7) is 7.01. The largest absolute Gasteiger partial charge is 0.494 e. The number of amides is 2. The molecule has 4 N–H and O–H groups in total. The molecule has 0 atom stereocenters. The monoisotopic (exact) mass is 1730 g/mol. The van der Waals surface area contributed by atoms with E-state index >= 15 is 0 Å². The van der Waals surface area contributed by atoms with Crippen molar-refractivity contribution in [2.75, 3.05) is 38.9 Å². The highest BCUT2D eigenvalue weighted by molar-refractivity contribution is 7.89. The van der Waals surface area contributed by atoms with Gasteiger partial charge in [-0.25, -0.2) is 35.9 Å². The number of rotatable bonds is 28. The molecular weight excluding hydrogens is 1640 g/mol. The first-order valence-electron chi connectivity index (χ1n) is 40.1. The number of halogens is 1. The lowest BCUT2D eigenvalue weighted by Gasteiger charge is -2.12. The minimum Gasteiger partial charge on any atom is -0.494 e. The molecule has 0 fully saturated rings. The lowest BCUT2D eigenvalue weighted by molar-refractivity contribution is 0.0690. The fraction of sp³-hybridized carbons (Fsp3) is 0.160. The van der Waals surface area contributed by atoms with Gasteiger partial charge in [0.15, 0.2) is 0 Å². The van der Waals surface area contributed by atoms with Crippen molar-refractivity contribution in [1.82, 2.24) is 18.6 Å². The molecule has 0 aliphatic rings. The standard InChI is InChI=1S/C29H24O3S.C28H22O3S.C23H22N2O4S.C20H21ClN2O4S/c1-19-8-2-4-11-22(19)21-15-16-24-25(28(29(30)31)33-27(24)18-21)13-7-17-32-26-14-6-10-20-9-3-5-12-23(20)26;29-28(30)27-24(13-7-17-31-25-14-6-11-20-10-4-5-12-22(20)25)23-16-15-21(18-26(23)32-27)19-8-2-1-3-9-19;1-30(27,28)24-23(26)21-16-18-9-3-5-12-20(18)25(21)14-7-15-29-22-13-6-10-17-8-2-4-11-19(17)22;1-14-12-16(8-9-17(14)21)27-11-5-10-23-18-7-4-3-6-15(18)13-19(23)20(24)22-28(2,25)26/h2-6,8-12,14-16,18H,7,13,17H2,1H3,(H,30,31);1-6,8-12,14-16,18H,7,13,17H2,(H,29,30);2-6,8-13,16H,7,14-15H2,1H3,(H,24,26);3-4,6-9,12-13H,5,10-11H2,1-2H3,(H,22,24). The number of thiophene rings is 2. The summed E-state index contributed by atoms with van der Waals surface area (Å²) in [5.74, 6) is 0.274. The molecule has 123 heavy (non-hydrogen) atoms. The summed E-state index contributed by atoms with van der Waals surface area (Å²) in [6.07, 6.45) is 6.04. The molecule has 0 aliphatic carbocycles. The van der Waals surface area contributed by atoms with E-state index in [9.17, 15) is 46.2 Å². The molecule has 0 saturated heterocycles. The van der Waals surface area contributed by atoms with Gasteiger partial charge in [0.1, 0.15) is 44.1 Å². The molecule has 18 nitrogen and oxygen atoms in total. The maximum atomic E-state index is 12.5. The highest BCUT2D eigenvalue weighted by Gasteiger charge is 2.24. The number of benzene rings is 13. The van der Waals surface area contributed by atoms with Crippen LogP contribution in [0.4, 0.5) is 0 Å². The molecule has 17 aromatic rings. The smallest absolute Gasteiger partial charge is 0.346 e. The van der Waals surface area contributed by atoms with Crippen molar-refractivity contribution in [2.45, 2.75) is 65.5 Å². The highest BCUT2D eigenvalue weighted by atomic mass is 35.5. The van der Waals surface area contributed by atoms with Crippen molar-refractivity contribution in [1.29, 1.82) is 0 Å². The number of carboxylic acids is 2. The van der Waals surface area contributed by atoms with Gasteiger partial charge >= 0.3 is 11.9 Å². The number of aromatic nitrogens is 2. The van der Waals surface area contributed by atoms with E-state index in [-0.39, 0.29) is 0 Å². The molecule has 0 radical (unpaired) electrons. The van der Waals surface area contributed by atoms with Gasteiger partial charge in [0, 0.05) is 65.5 Å². The van der Waals surface area contributed by atoms with Crippen LogP contribution in [0.1, 0.15) is 88.3 Å². The third kappa shape index (κ3) is 21.6. The summed E-state index contributed by atoms with van der Waals surface area (Å²) in [7, 11) is -7.29. The maximum absolute atomic E-state index is 12.5. The molecule has 0 spiro atoms. The Balaban J connectivity index is 0.000000134. The lowest BCUT2D eigenvalue weighted by atomic mass is 9.98. The Labute approximate surface area is 726 Å². The number of fused-ring (bicyclic) bond motifs is 7. The zero-order chi connectivity index (χ0) is 86.2. The van der Waals surface area contributed by atoms with Crippen molar-refractivity contribution < 1.29 is 65.2 Å². The van der Waals surface area contributed by atoms with E-state index in [0.717, 1.165) is 156 Å². The molecule has 2 amide bonds. The van der Waals surface area contributed by atoms with E-state index in [0.29, 0.717) is 91.4 Å². The lowest BCUT2D eigenvalue weighted by Crippen LogP contribution is -2.31. The van der Waals surface area contributed by atoms with E-state index in [1.165, 1.54) is 33.8 Å². The minimum absolute atomic E-state index is 0.300. The van der Waals surface area contributed by atoms with Crippen molar-refractivity contribution in [3.05, 3.63) is 346 Å². The Kier molecular flexibility index (Phi) is 27.8. The third-order valence-electron chi connectivity index (χ3n) is 20.8. The van der Waals surface area contributed by atoms with Gasteiger partial charge in [-0.05, 0) is 197 Å². The van der Waals surface area contributed by atoms with E-state index < -0.39 is 43.8 Å². The molecule has 0 saturated carbocycles. The third-order valence-corrected chi connectivity index (χ3v) is 24.7. The predicted octanol–water partition coefficient (Wildman–Crippen LogP) is 22.9. The highest BCUT2D eigenvalue weighted by Crippen LogP contribution is 2.39. The molecule has 4 aromatic heterocycles. The van der Waals surface area contributed by atoms with Gasteiger partial charge in [-0.3, -0.25) is 9.59 Å². The normalized spacial score (nSPS) is 11.4. The second-order valence-electron chi connectivity index (χ2n) is 29.6. The van der Waals surface area contributed by atoms with Gasteiger partial charge in [0.25, 0.3) is 11.8 Å². The van der Waals surface area contributed by atoms with Crippen LogP contribution in [0.25, 0.3) is 96.5 Å². The molecular formula is C100H89ClN4O14S4. The minimum atomic E-state index is -3.65. The van der Waals surface area contributed by atoms with Crippen LogP contribution < -0.4 is 28.4 Å². The van der Waals surface area contributed by atoms with Crippen LogP contribution in [-0.4, -0.2) is 98.9 Å². The van der Waals surface area contributed by atoms with Crippen LogP contribution in [0.5, 0.6) is 23.0 Å². The quantitative estimate of drug-likeness (QED) is 0.0333. The molecule has 0 aliphatic heterocycles. The summed E-state index contributed by atoms with van der Waals surface area (Å²) in [5.41, 5.74) is 10.8. The summed E-state index contributed by atoms with van der Waals surface area (Å²) < 4.78 is 79.5. The number of aryl methyl sites for hydroxylation is 6. The summed E-state index contributed by atoms with van der Waals surface area (Å²) >= 11 is 8.74. The number of ether oxygens (including phenoxy) is 4. The number of carboxylic acid groups (broad SMARTS) is 2. The maximum Gasteiger partial charge on any atom is 0.346 e. The van der Waals surface area contributed by atoms with Crippen molar-refractivity contribution in [3.63, 3.8) is 0 Å². The summed E-state index contributed by atoms with van der Waals surface area (Å²) in [6, 6.07) is 97.4. The Hall–Kier alpha value is -13.1. The number of hydrogen-bond acceptors (Lipinski definition) is 14. The van der Waals surface area contributed by atoms with Gasteiger partial charge in [0.05, 0.1) is 38.9 Å². The number of aromatic carboxylic acids is 2.